The number of fused-ring (bicyclic) bond motifs is 3. The maximum absolute atomic E-state index is 12.1. The summed E-state index contributed by atoms with van der Waals surface area (Å²) in [5.41, 5.74) is 4.28. The molecule has 7 nitrogen and oxygen atoms in total. The normalized spacial score (nSPS) is 11.1. The highest BCUT2D eigenvalue weighted by atomic mass is 16.5. The van der Waals surface area contributed by atoms with Gasteiger partial charge in [-0.1, -0.05) is 0 Å². The molecule has 1 aromatic carbocycles. The number of carbonyl (C=O) groups excluding carboxylic acids is 1. The summed E-state index contributed by atoms with van der Waals surface area (Å²) in [5, 5.41) is 8.59. The van der Waals surface area contributed by atoms with Crippen molar-refractivity contribution in [1.82, 2.24) is 24.6 Å². The van der Waals surface area contributed by atoms with Crippen LogP contribution in [0, 0.1) is 6.92 Å². The molecule has 0 saturated heterocycles. The molecular weight excluding hydrogens is 318 g/mol. The van der Waals surface area contributed by atoms with Crippen molar-refractivity contribution in [3.05, 3.63) is 54.0 Å². The van der Waals surface area contributed by atoms with Crippen LogP contribution in [0.25, 0.3) is 28.1 Å². The third-order valence-corrected chi connectivity index (χ3v) is 3.94. The summed E-state index contributed by atoms with van der Waals surface area (Å²) in [7, 11) is 0. The largest absolute Gasteiger partial charge is 0.462 e. The van der Waals surface area contributed by atoms with Gasteiger partial charge in [0, 0.05) is 18.0 Å². The van der Waals surface area contributed by atoms with E-state index < -0.39 is 0 Å². The van der Waals surface area contributed by atoms with Crippen LogP contribution in [-0.2, 0) is 4.74 Å². The molecule has 0 radical (unpaired) electrons. The number of carbonyl (C=O) groups is 1. The van der Waals surface area contributed by atoms with Crippen LogP contribution in [0.4, 0.5) is 0 Å². The molecule has 0 fully saturated rings. The van der Waals surface area contributed by atoms with Crippen molar-refractivity contribution in [2.45, 2.75) is 13.8 Å². The van der Waals surface area contributed by atoms with E-state index in [1.165, 1.54) is 0 Å². The molecule has 0 aliphatic heterocycles. The van der Waals surface area contributed by atoms with Gasteiger partial charge in [0.2, 0.25) is 0 Å². The molecule has 124 valence electrons. The average Bonchev–Trinajstić information content (AvgIpc) is 3.08. The molecule has 25 heavy (non-hydrogen) atoms. The topological polar surface area (TPSA) is 82.3 Å². The smallest absolute Gasteiger partial charge is 0.338 e. The van der Waals surface area contributed by atoms with E-state index in [4.69, 9.17) is 4.74 Å². The molecule has 4 aromatic rings. The zero-order chi connectivity index (χ0) is 17.4. The Kier molecular flexibility index (Phi) is 3.61. The molecule has 7 heteroatoms. The highest BCUT2D eigenvalue weighted by molar-refractivity contribution is 5.94. The molecule has 4 rings (SSSR count). The molecular formula is C18H15N5O2. The molecule has 0 amide bonds. The minimum atomic E-state index is -0.364. The highest BCUT2D eigenvalue weighted by Gasteiger charge is 2.16. The molecule has 0 unspecified atom stereocenters. The van der Waals surface area contributed by atoms with E-state index in [1.807, 2.05) is 29.5 Å². The summed E-state index contributed by atoms with van der Waals surface area (Å²) in [5.74, 6) is 0.311. The Morgan fingerprint density at radius 3 is 2.72 bits per heavy atom. The van der Waals surface area contributed by atoms with Crippen LogP contribution >= 0.6 is 0 Å². The fourth-order valence-electron chi connectivity index (χ4n) is 2.80. The predicted molar refractivity (Wildman–Crippen MR) is 92.2 cm³/mol. The fourth-order valence-corrected chi connectivity index (χ4v) is 2.80. The summed E-state index contributed by atoms with van der Waals surface area (Å²) in [4.78, 5) is 20.7. The van der Waals surface area contributed by atoms with Gasteiger partial charge in [-0.2, -0.15) is 0 Å². The van der Waals surface area contributed by atoms with Gasteiger partial charge in [-0.3, -0.25) is 9.38 Å². The van der Waals surface area contributed by atoms with Crippen LogP contribution in [0.2, 0.25) is 0 Å². The minimum Gasteiger partial charge on any atom is -0.462 e. The molecule has 3 aromatic heterocycles. The Hall–Kier alpha value is -3.35. The second-order valence-electron chi connectivity index (χ2n) is 5.54. The van der Waals surface area contributed by atoms with Crippen LogP contribution in [0.5, 0.6) is 0 Å². The third-order valence-electron chi connectivity index (χ3n) is 3.94. The van der Waals surface area contributed by atoms with Crippen molar-refractivity contribution < 1.29 is 9.53 Å². The van der Waals surface area contributed by atoms with Gasteiger partial charge in [0.15, 0.2) is 11.5 Å². The van der Waals surface area contributed by atoms with Crippen molar-refractivity contribution in [2.24, 2.45) is 0 Å². The van der Waals surface area contributed by atoms with Gasteiger partial charge in [0.05, 0.1) is 28.9 Å². The zero-order valence-electron chi connectivity index (χ0n) is 13.8. The van der Waals surface area contributed by atoms with E-state index in [2.05, 4.69) is 20.2 Å². The van der Waals surface area contributed by atoms with E-state index >= 15 is 0 Å². The van der Waals surface area contributed by atoms with E-state index in [9.17, 15) is 4.79 Å². The number of aryl methyl sites for hydroxylation is 1. The van der Waals surface area contributed by atoms with Crippen LogP contribution in [0.15, 0.2) is 42.7 Å². The summed E-state index contributed by atoms with van der Waals surface area (Å²) in [6.45, 7) is 4.00. The van der Waals surface area contributed by atoms with Gasteiger partial charge in [-0.25, -0.2) is 9.78 Å². The van der Waals surface area contributed by atoms with Gasteiger partial charge in [0.25, 0.3) is 0 Å². The Balaban J connectivity index is 2.04. The van der Waals surface area contributed by atoms with Crippen LogP contribution in [0.3, 0.4) is 0 Å². The fraction of sp³-hybridized carbons (Fsp3) is 0.167. The number of pyridine rings is 1. The van der Waals surface area contributed by atoms with E-state index in [-0.39, 0.29) is 5.97 Å². The lowest BCUT2D eigenvalue weighted by atomic mass is 10.1. The molecule has 0 aliphatic carbocycles. The zero-order valence-corrected chi connectivity index (χ0v) is 13.8. The first-order valence-corrected chi connectivity index (χ1v) is 7.92. The number of benzene rings is 1. The van der Waals surface area contributed by atoms with Crippen LogP contribution in [-0.4, -0.2) is 37.1 Å². The molecule has 0 atom stereocenters. The van der Waals surface area contributed by atoms with Crippen LogP contribution < -0.4 is 0 Å². The van der Waals surface area contributed by atoms with E-state index in [0.29, 0.717) is 23.6 Å². The van der Waals surface area contributed by atoms with E-state index in [0.717, 1.165) is 22.3 Å². The van der Waals surface area contributed by atoms with Crippen molar-refractivity contribution in [2.75, 3.05) is 6.61 Å². The second kappa shape index (κ2) is 5.94. The average molecular weight is 333 g/mol. The SMILES string of the molecule is CCOC(=O)c1ccc2nc(C)c3nnc(-c4ccncc4)n3c2c1. The maximum atomic E-state index is 12.1. The Morgan fingerprint density at radius 2 is 1.96 bits per heavy atom. The lowest BCUT2D eigenvalue weighted by Crippen LogP contribution is -2.06. The minimum absolute atomic E-state index is 0.327. The number of nitrogens with zero attached hydrogens (tertiary/aromatic N) is 5. The quantitative estimate of drug-likeness (QED) is 0.536. The van der Waals surface area contributed by atoms with Crippen molar-refractivity contribution in [3.63, 3.8) is 0 Å². The number of hydrogen-bond acceptors (Lipinski definition) is 6. The number of esters is 1. The van der Waals surface area contributed by atoms with E-state index in [1.54, 1.807) is 31.5 Å². The highest BCUT2D eigenvalue weighted by Crippen LogP contribution is 2.25. The molecule has 0 N–H and O–H groups in total. The summed E-state index contributed by atoms with van der Waals surface area (Å²) in [6.07, 6.45) is 3.41. The second-order valence-corrected chi connectivity index (χ2v) is 5.54. The monoisotopic (exact) mass is 333 g/mol. The lowest BCUT2D eigenvalue weighted by Gasteiger charge is -2.08. The summed E-state index contributed by atoms with van der Waals surface area (Å²) in [6, 6.07) is 9.03. The van der Waals surface area contributed by atoms with Gasteiger partial charge in [0.1, 0.15) is 0 Å². The van der Waals surface area contributed by atoms with Crippen molar-refractivity contribution >= 4 is 22.6 Å². The van der Waals surface area contributed by atoms with Crippen molar-refractivity contribution in [1.29, 1.82) is 0 Å². The van der Waals surface area contributed by atoms with Gasteiger partial charge >= 0.3 is 5.97 Å². The lowest BCUT2D eigenvalue weighted by molar-refractivity contribution is 0.0526. The molecule has 3 heterocycles. The number of hydrogen-bond donors (Lipinski definition) is 0. The van der Waals surface area contributed by atoms with Gasteiger partial charge in [-0.05, 0) is 44.2 Å². The van der Waals surface area contributed by atoms with Crippen LogP contribution in [0.1, 0.15) is 23.0 Å². The maximum Gasteiger partial charge on any atom is 0.338 e. The van der Waals surface area contributed by atoms with Crippen molar-refractivity contribution in [3.8, 4) is 11.4 Å². The first-order valence-electron chi connectivity index (χ1n) is 7.92. The Labute approximate surface area is 143 Å². The summed E-state index contributed by atoms with van der Waals surface area (Å²) >= 11 is 0. The first-order chi connectivity index (χ1) is 12.2. The molecule has 0 spiro atoms. The number of rotatable bonds is 3. The molecule has 0 bridgehead atoms. The Morgan fingerprint density at radius 1 is 1.16 bits per heavy atom. The summed E-state index contributed by atoms with van der Waals surface area (Å²) < 4.78 is 7.01. The standard InChI is InChI=1S/C18H15N5O2/c1-3-25-18(24)13-4-5-14-15(10-13)23-16(11(2)20-14)21-22-17(23)12-6-8-19-9-7-12/h4-10H,3H2,1-2H3. The van der Waals surface area contributed by atoms with Gasteiger partial charge < -0.3 is 4.74 Å². The molecule has 0 aliphatic rings. The third kappa shape index (κ3) is 2.50. The Bertz CT molecular complexity index is 1090. The number of aromatic nitrogens is 5. The molecule has 0 saturated carbocycles. The predicted octanol–water partition coefficient (Wildman–Crippen LogP) is 2.82. The first kappa shape index (κ1) is 15.2. The van der Waals surface area contributed by atoms with Gasteiger partial charge in [-0.15, -0.1) is 10.2 Å². The number of ether oxygens (including phenoxy) is 1.